The first-order valence-electron chi connectivity index (χ1n) is 6.76. The number of likely N-dealkylation sites (tertiary alicyclic amines) is 1. The van der Waals surface area contributed by atoms with Crippen LogP contribution in [-0.4, -0.2) is 30.8 Å². The van der Waals surface area contributed by atoms with Gasteiger partial charge in [0.2, 0.25) is 0 Å². The number of halogens is 2. The molecule has 1 amide bonds. The highest BCUT2D eigenvalue weighted by Gasteiger charge is 2.27. The van der Waals surface area contributed by atoms with Crippen molar-refractivity contribution in [2.75, 3.05) is 18.4 Å². The van der Waals surface area contributed by atoms with E-state index in [-0.39, 0.29) is 11.9 Å². The minimum atomic E-state index is -2.42. The number of hydrogen-bond donors (Lipinski definition) is 2. The molecule has 0 bridgehead atoms. The Morgan fingerprint density at radius 1 is 1.25 bits per heavy atom. The van der Waals surface area contributed by atoms with Crippen molar-refractivity contribution < 1.29 is 18.5 Å². The third-order valence-corrected chi connectivity index (χ3v) is 4.32. The van der Waals surface area contributed by atoms with E-state index in [0.717, 1.165) is 13.1 Å². The molecular formula is C14H19F2N2OS+. The van der Waals surface area contributed by atoms with Crippen LogP contribution in [0, 0.1) is 0 Å². The molecule has 3 nitrogen and oxygen atoms in total. The Morgan fingerprint density at radius 3 is 2.40 bits per heavy atom. The molecule has 1 fully saturated rings. The Balaban J connectivity index is 1.90. The molecule has 6 heteroatoms. The molecule has 0 saturated carbocycles. The fourth-order valence-corrected chi connectivity index (χ4v) is 2.92. The van der Waals surface area contributed by atoms with Gasteiger partial charge in [0.05, 0.1) is 13.1 Å². The monoisotopic (exact) mass is 301 g/mol. The van der Waals surface area contributed by atoms with Gasteiger partial charge < -0.3 is 10.2 Å². The Bertz CT molecular complexity index is 447. The average Bonchev–Trinajstić information content (AvgIpc) is 2.93. The number of anilines is 1. The van der Waals surface area contributed by atoms with Gasteiger partial charge in [-0.3, -0.25) is 4.79 Å². The highest BCUT2D eigenvalue weighted by atomic mass is 32.2. The Morgan fingerprint density at radius 2 is 1.85 bits per heavy atom. The van der Waals surface area contributed by atoms with Crippen LogP contribution in [0.15, 0.2) is 29.2 Å². The molecule has 2 N–H and O–H groups in total. The molecule has 110 valence electrons. The van der Waals surface area contributed by atoms with E-state index in [1.165, 1.54) is 17.7 Å². The highest BCUT2D eigenvalue weighted by Crippen LogP contribution is 2.26. The van der Waals surface area contributed by atoms with Gasteiger partial charge in [-0.1, -0.05) is 11.8 Å². The number of hydrogen-bond acceptors (Lipinski definition) is 2. The van der Waals surface area contributed by atoms with E-state index in [1.54, 1.807) is 24.3 Å². The molecular weight excluding hydrogens is 282 g/mol. The molecule has 1 aromatic rings. The van der Waals surface area contributed by atoms with Gasteiger partial charge in [0, 0.05) is 23.4 Å². The molecule has 1 aliphatic heterocycles. The third-order valence-electron chi connectivity index (χ3n) is 3.60. The predicted molar refractivity (Wildman–Crippen MR) is 76.3 cm³/mol. The second kappa shape index (κ2) is 7.04. The SMILES string of the molecule is C[C@@H](C(=O)Nc1ccc(SC(F)F)cc1)[NH+]1CCCC1. The quantitative estimate of drug-likeness (QED) is 0.816. The van der Waals surface area contributed by atoms with E-state index >= 15 is 0 Å². The van der Waals surface area contributed by atoms with Gasteiger partial charge in [-0.15, -0.1) is 0 Å². The number of rotatable bonds is 5. The van der Waals surface area contributed by atoms with E-state index in [0.29, 0.717) is 22.3 Å². The van der Waals surface area contributed by atoms with E-state index in [4.69, 9.17) is 0 Å². The van der Waals surface area contributed by atoms with Crippen molar-refractivity contribution in [3.8, 4) is 0 Å². The molecule has 0 aromatic heterocycles. The zero-order valence-corrected chi connectivity index (χ0v) is 12.2. The van der Waals surface area contributed by atoms with Gasteiger partial charge in [0.1, 0.15) is 0 Å². The lowest BCUT2D eigenvalue weighted by molar-refractivity contribution is -0.901. The number of quaternary nitrogens is 1. The van der Waals surface area contributed by atoms with E-state index < -0.39 is 5.76 Å². The minimum absolute atomic E-state index is 0.0174. The molecule has 0 spiro atoms. The summed E-state index contributed by atoms with van der Waals surface area (Å²) in [5.74, 6) is -2.44. The van der Waals surface area contributed by atoms with Gasteiger partial charge in [-0.25, -0.2) is 0 Å². The molecule has 0 radical (unpaired) electrons. The topological polar surface area (TPSA) is 33.5 Å². The molecule has 1 heterocycles. The van der Waals surface area contributed by atoms with Crippen LogP contribution < -0.4 is 10.2 Å². The lowest BCUT2D eigenvalue weighted by Gasteiger charge is -2.20. The van der Waals surface area contributed by atoms with Crippen LogP contribution in [0.4, 0.5) is 14.5 Å². The summed E-state index contributed by atoms with van der Waals surface area (Å²) in [6, 6.07) is 6.44. The molecule has 1 aliphatic rings. The number of carbonyl (C=O) groups excluding carboxylic acids is 1. The molecule has 1 saturated heterocycles. The van der Waals surface area contributed by atoms with Crippen molar-refractivity contribution in [2.24, 2.45) is 0 Å². The summed E-state index contributed by atoms with van der Waals surface area (Å²) in [5, 5.41) is 2.84. The van der Waals surface area contributed by atoms with Gasteiger partial charge in [0.25, 0.3) is 11.7 Å². The van der Waals surface area contributed by atoms with Gasteiger partial charge in [0.15, 0.2) is 6.04 Å². The van der Waals surface area contributed by atoms with Crippen LogP contribution in [-0.2, 0) is 4.79 Å². The predicted octanol–water partition coefficient (Wildman–Crippen LogP) is 2.01. The number of benzene rings is 1. The van der Waals surface area contributed by atoms with Crippen LogP contribution in [0.3, 0.4) is 0 Å². The smallest absolute Gasteiger partial charge is 0.288 e. The number of nitrogens with one attached hydrogen (secondary N) is 2. The number of carbonyl (C=O) groups is 1. The molecule has 20 heavy (non-hydrogen) atoms. The van der Waals surface area contributed by atoms with Gasteiger partial charge in [-0.05, 0) is 31.2 Å². The summed E-state index contributed by atoms with van der Waals surface area (Å²) in [6.07, 6.45) is 2.35. The van der Waals surface area contributed by atoms with Gasteiger partial charge >= 0.3 is 0 Å². The normalized spacial score (nSPS) is 17.4. The average molecular weight is 301 g/mol. The summed E-state index contributed by atoms with van der Waals surface area (Å²) in [5.41, 5.74) is 0.652. The van der Waals surface area contributed by atoms with Gasteiger partial charge in [-0.2, -0.15) is 8.78 Å². The zero-order valence-electron chi connectivity index (χ0n) is 11.4. The Kier molecular flexibility index (Phi) is 5.37. The Hall–Kier alpha value is -1.14. The van der Waals surface area contributed by atoms with Crippen LogP contribution >= 0.6 is 11.8 Å². The summed E-state index contributed by atoms with van der Waals surface area (Å²) in [4.78, 5) is 13.9. The maximum absolute atomic E-state index is 12.2. The summed E-state index contributed by atoms with van der Waals surface area (Å²) < 4.78 is 24.4. The van der Waals surface area contributed by atoms with Crippen molar-refractivity contribution in [2.45, 2.75) is 36.5 Å². The lowest BCUT2D eigenvalue weighted by Crippen LogP contribution is -3.14. The first-order chi connectivity index (χ1) is 9.56. The Labute approximate surface area is 121 Å². The number of thioether (sulfide) groups is 1. The fourth-order valence-electron chi connectivity index (χ4n) is 2.42. The largest absolute Gasteiger partial charge is 0.325 e. The maximum atomic E-state index is 12.2. The summed E-state index contributed by atoms with van der Waals surface area (Å²) >= 11 is 0.503. The van der Waals surface area contributed by atoms with Crippen molar-refractivity contribution in [3.63, 3.8) is 0 Å². The van der Waals surface area contributed by atoms with Crippen LogP contribution in [0.5, 0.6) is 0 Å². The molecule has 0 aliphatic carbocycles. The van der Waals surface area contributed by atoms with E-state index in [9.17, 15) is 13.6 Å². The molecule has 2 rings (SSSR count). The van der Waals surface area contributed by atoms with Crippen molar-refractivity contribution in [3.05, 3.63) is 24.3 Å². The molecule has 1 atom stereocenters. The first kappa shape index (κ1) is 15.3. The van der Waals surface area contributed by atoms with Crippen molar-refractivity contribution in [1.82, 2.24) is 0 Å². The second-order valence-electron chi connectivity index (χ2n) is 4.98. The number of amides is 1. The maximum Gasteiger partial charge on any atom is 0.288 e. The minimum Gasteiger partial charge on any atom is -0.325 e. The molecule has 1 aromatic carbocycles. The van der Waals surface area contributed by atoms with Crippen LogP contribution in [0.1, 0.15) is 19.8 Å². The van der Waals surface area contributed by atoms with Crippen molar-refractivity contribution in [1.29, 1.82) is 0 Å². The summed E-state index contributed by atoms with van der Waals surface area (Å²) in [6.45, 7) is 4.01. The van der Waals surface area contributed by atoms with Crippen LogP contribution in [0.2, 0.25) is 0 Å². The second-order valence-corrected chi connectivity index (χ2v) is 6.04. The summed E-state index contributed by atoms with van der Waals surface area (Å²) in [7, 11) is 0. The first-order valence-corrected chi connectivity index (χ1v) is 7.64. The van der Waals surface area contributed by atoms with Crippen LogP contribution in [0.25, 0.3) is 0 Å². The zero-order chi connectivity index (χ0) is 14.5. The van der Waals surface area contributed by atoms with E-state index in [2.05, 4.69) is 5.32 Å². The highest BCUT2D eigenvalue weighted by molar-refractivity contribution is 7.99. The standard InChI is InChI=1S/C14H18F2N2OS/c1-10(18-8-2-3-9-18)13(19)17-11-4-6-12(7-5-11)20-14(15)16/h4-7,10,14H,2-3,8-9H2,1H3,(H,17,19)/p+1/t10-/m0/s1. The molecule has 0 unspecified atom stereocenters. The van der Waals surface area contributed by atoms with Crippen molar-refractivity contribution >= 4 is 23.4 Å². The third kappa shape index (κ3) is 4.18. The lowest BCUT2D eigenvalue weighted by atomic mass is 10.2. The number of alkyl halides is 2. The van der Waals surface area contributed by atoms with E-state index in [1.807, 2.05) is 6.92 Å². The fraction of sp³-hybridized carbons (Fsp3) is 0.500.